The number of nitrogens with one attached hydrogen (secondary N) is 1. The van der Waals surface area contributed by atoms with Crippen LogP contribution in [0, 0.1) is 0 Å². The third kappa shape index (κ3) is 3.49. The molecule has 5 nitrogen and oxygen atoms in total. The zero-order valence-electron chi connectivity index (χ0n) is 9.98. The van der Waals surface area contributed by atoms with Crippen molar-refractivity contribution in [2.45, 2.75) is 31.8 Å². The Balaban J connectivity index is 1.75. The third-order valence-electron chi connectivity index (χ3n) is 3.00. The van der Waals surface area contributed by atoms with Gasteiger partial charge in [-0.05, 0) is 37.8 Å². The van der Waals surface area contributed by atoms with E-state index in [1.807, 2.05) is 6.07 Å². The minimum absolute atomic E-state index is 0.379. The van der Waals surface area contributed by atoms with Gasteiger partial charge in [0.15, 0.2) is 0 Å². The molecule has 0 aliphatic carbocycles. The van der Waals surface area contributed by atoms with Crippen LogP contribution in [0.15, 0.2) is 12.1 Å². The molecule has 2 heterocycles. The van der Waals surface area contributed by atoms with Crippen LogP contribution in [-0.4, -0.2) is 24.2 Å². The number of aromatic nitrogens is 1. The SMILES string of the molecule is Nc1ccc(NCCC2CCCCO2)nc1N. The highest BCUT2D eigenvalue weighted by Gasteiger charge is 2.13. The Bertz CT molecular complexity index is 364. The molecule has 0 amide bonds. The van der Waals surface area contributed by atoms with Gasteiger partial charge in [0.05, 0.1) is 11.8 Å². The summed E-state index contributed by atoms with van der Waals surface area (Å²) in [6.45, 7) is 1.75. The minimum atomic E-state index is 0.379. The number of nitrogen functional groups attached to an aromatic ring is 2. The average molecular weight is 236 g/mol. The fourth-order valence-electron chi connectivity index (χ4n) is 1.98. The zero-order valence-corrected chi connectivity index (χ0v) is 9.98. The van der Waals surface area contributed by atoms with E-state index in [0.717, 1.165) is 25.4 Å². The van der Waals surface area contributed by atoms with E-state index in [4.69, 9.17) is 16.2 Å². The molecule has 1 aromatic rings. The highest BCUT2D eigenvalue weighted by atomic mass is 16.5. The summed E-state index contributed by atoms with van der Waals surface area (Å²) in [5.41, 5.74) is 11.8. The van der Waals surface area contributed by atoms with E-state index in [1.165, 1.54) is 19.3 Å². The smallest absolute Gasteiger partial charge is 0.149 e. The van der Waals surface area contributed by atoms with Gasteiger partial charge in [-0.1, -0.05) is 0 Å². The second-order valence-corrected chi connectivity index (χ2v) is 4.37. The van der Waals surface area contributed by atoms with Crippen molar-refractivity contribution in [2.75, 3.05) is 29.9 Å². The van der Waals surface area contributed by atoms with Crippen molar-refractivity contribution in [3.63, 3.8) is 0 Å². The molecular formula is C12H20N4O. The van der Waals surface area contributed by atoms with Crippen LogP contribution < -0.4 is 16.8 Å². The van der Waals surface area contributed by atoms with Gasteiger partial charge >= 0.3 is 0 Å². The number of hydrogen-bond donors (Lipinski definition) is 3. The minimum Gasteiger partial charge on any atom is -0.396 e. The van der Waals surface area contributed by atoms with Crippen LogP contribution in [0.25, 0.3) is 0 Å². The Morgan fingerprint density at radius 1 is 1.35 bits per heavy atom. The molecule has 0 bridgehead atoms. The van der Waals surface area contributed by atoms with E-state index in [9.17, 15) is 0 Å². The first kappa shape index (κ1) is 12.0. The number of nitrogens with zero attached hydrogens (tertiary/aromatic N) is 1. The molecule has 1 atom stereocenters. The summed E-state index contributed by atoms with van der Waals surface area (Å²) < 4.78 is 5.65. The van der Waals surface area contributed by atoms with Crippen LogP contribution in [0.1, 0.15) is 25.7 Å². The Morgan fingerprint density at radius 2 is 2.24 bits per heavy atom. The number of nitrogens with two attached hydrogens (primary N) is 2. The van der Waals surface area contributed by atoms with Gasteiger partial charge in [-0.2, -0.15) is 0 Å². The predicted molar refractivity (Wildman–Crippen MR) is 69.8 cm³/mol. The predicted octanol–water partition coefficient (Wildman–Crippen LogP) is 1.62. The fourth-order valence-corrected chi connectivity index (χ4v) is 1.98. The molecule has 0 aromatic carbocycles. The Morgan fingerprint density at radius 3 is 2.94 bits per heavy atom. The van der Waals surface area contributed by atoms with E-state index in [2.05, 4.69) is 10.3 Å². The third-order valence-corrected chi connectivity index (χ3v) is 3.00. The number of pyridine rings is 1. The summed E-state index contributed by atoms with van der Waals surface area (Å²) >= 11 is 0. The fraction of sp³-hybridized carbons (Fsp3) is 0.583. The lowest BCUT2D eigenvalue weighted by Crippen LogP contribution is -2.22. The van der Waals surface area contributed by atoms with Gasteiger partial charge in [0.2, 0.25) is 0 Å². The monoisotopic (exact) mass is 236 g/mol. The van der Waals surface area contributed by atoms with Crippen molar-refractivity contribution in [3.8, 4) is 0 Å². The van der Waals surface area contributed by atoms with Crippen molar-refractivity contribution in [1.29, 1.82) is 0 Å². The molecule has 2 rings (SSSR count). The summed E-state index contributed by atoms with van der Waals surface area (Å²) in [4.78, 5) is 4.16. The molecule has 1 aliphatic rings. The largest absolute Gasteiger partial charge is 0.396 e. The second-order valence-electron chi connectivity index (χ2n) is 4.37. The summed E-state index contributed by atoms with van der Waals surface area (Å²) in [6.07, 6.45) is 5.03. The van der Waals surface area contributed by atoms with Gasteiger partial charge in [0.1, 0.15) is 11.6 Å². The molecule has 5 heteroatoms. The molecule has 1 saturated heterocycles. The number of rotatable bonds is 4. The maximum atomic E-state index is 5.65. The van der Waals surface area contributed by atoms with E-state index >= 15 is 0 Å². The van der Waals surface area contributed by atoms with Crippen molar-refractivity contribution in [3.05, 3.63) is 12.1 Å². The highest BCUT2D eigenvalue weighted by Crippen LogP contribution is 2.17. The van der Waals surface area contributed by atoms with Gasteiger partial charge in [-0.15, -0.1) is 0 Å². The van der Waals surface area contributed by atoms with Crippen LogP contribution in [0.2, 0.25) is 0 Å². The molecule has 0 saturated carbocycles. The topological polar surface area (TPSA) is 86.2 Å². The highest BCUT2D eigenvalue weighted by molar-refractivity contribution is 5.61. The number of ether oxygens (including phenoxy) is 1. The molecule has 0 radical (unpaired) electrons. The average Bonchev–Trinajstić information content (AvgIpc) is 2.35. The van der Waals surface area contributed by atoms with Crippen LogP contribution in [0.5, 0.6) is 0 Å². The Labute approximate surface area is 102 Å². The molecule has 1 aromatic heterocycles. The molecule has 1 unspecified atom stereocenters. The van der Waals surface area contributed by atoms with Crippen LogP contribution in [0.4, 0.5) is 17.3 Å². The molecule has 1 aliphatic heterocycles. The summed E-state index contributed by atoms with van der Waals surface area (Å²) in [6, 6.07) is 3.61. The lowest BCUT2D eigenvalue weighted by atomic mass is 10.1. The Hall–Kier alpha value is -1.49. The normalized spacial score (nSPS) is 20.1. The Kier molecular flexibility index (Phi) is 4.03. The first-order valence-corrected chi connectivity index (χ1v) is 6.13. The van der Waals surface area contributed by atoms with Gasteiger partial charge in [-0.25, -0.2) is 4.98 Å². The lowest BCUT2D eigenvalue weighted by Gasteiger charge is -2.22. The van der Waals surface area contributed by atoms with Gasteiger partial charge in [0.25, 0.3) is 0 Å². The maximum Gasteiger partial charge on any atom is 0.149 e. The molecule has 1 fully saturated rings. The van der Waals surface area contributed by atoms with Crippen molar-refractivity contribution in [1.82, 2.24) is 4.98 Å². The summed E-state index contributed by atoms with van der Waals surface area (Å²) in [5, 5.41) is 3.23. The quantitative estimate of drug-likeness (QED) is 0.739. The van der Waals surface area contributed by atoms with Crippen LogP contribution in [-0.2, 0) is 4.74 Å². The summed E-state index contributed by atoms with van der Waals surface area (Å²) in [7, 11) is 0. The molecule has 0 spiro atoms. The van der Waals surface area contributed by atoms with Crippen LogP contribution in [0.3, 0.4) is 0 Å². The molecular weight excluding hydrogens is 216 g/mol. The maximum absolute atomic E-state index is 5.65. The molecule has 94 valence electrons. The van der Waals surface area contributed by atoms with Crippen molar-refractivity contribution >= 4 is 17.3 Å². The van der Waals surface area contributed by atoms with E-state index in [-0.39, 0.29) is 0 Å². The van der Waals surface area contributed by atoms with Crippen molar-refractivity contribution < 1.29 is 4.74 Å². The summed E-state index contributed by atoms with van der Waals surface area (Å²) in [5.74, 6) is 1.15. The lowest BCUT2D eigenvalue weighted by molar-refractivity contribution is 0.0134. The van der Waals surface area contributed by atoms with Gasteiger partial charge < -0.3 is 21.5 Å². The van der Waals surface area contributed by atoms with E-state index in [0.29, 0.717) is 17.6 Å². The van der Waals surface area contributed by atoms with E-state index < -0.39 is 0 Å². The van der Waals surface area contributed by atoms with Gasteiger partial charge in [0, 0.05) is 13.2 Å². The zero-order chi connectivity index (χ0) is 12.1. The first-order chi connectivity index (χ1) is 8.25. The molecule has 5 N–H and O–H groups in total. The second kappa shape index (κ2) is 5.72. The van der Waals surface area contributed by atoms with Gasteiger partial charge in [-0.3, -0.25) is 0 Å². The number of hydrogen-bond acceptors (Lipinski definition) is 5. The van der Waals surface area contributed by atoms with Crippen molar-refractivity contribution in [2.24, 2.45) is 0 Å². The van der Waals surface area contributed by atoms with Crippen LogP contribution >= 0.6 is 0 Å². The molecule has 17 heavy (non-hydrogen) atoms. The standard InChI is InChI=1S/C12H20N4O/c13-10-4-5-11(16-12(10)14)15-7-6-9-3-1-2-8-17-9/h4-5,9H,1-3,6-8,13H2,(H3,14,15,16). The first-order valence-electron chi connectivity index (χ1n) is 6.13. The van der Waals surface area contributed by atoms with E-state index in [1.54, 1.807) is 6.07 Å². The number of anilines is 3.